The van der Waals surface area contributed by atoms with E-state index in [-0.39, 0.29) is 17.8 Å². The Morgan fingerprint density at radius 3 is 2.56 bits per heavy atom. The Balaban J connectivity index is 1.59. The smallest absolute Gasteiger partial charge is 0.387 e. The Morgan fingerprint density at radius 2 is 1.89 bits per heavy atom. The third-order valence-electron chi connectivity index (χ3n) is 7.18. The van der Waals surface area contributed by atoms with Crippen LogP contribution in [-0.2, 0) is 13.6 Å². The van der Waals surface area contributed by atoms with E-state index in [1.54, 1.807) is 22.9 Å². The zero-order valence-corrected chi connectivity index (χ0v) is 20.9. The van der Waals surface area contributed by atoms with E-state index in [9.17, 15) is 13.9 Å². The third-order valence-corrected chi connectivity index (χ3v) is 7.18. The number of aromatic nitrogens is 2. The Kier molecular flexibility index (Phi) is 7.72. The van der Waals surface area contributed by atoms with Gasteiger partial charge in [-0.25, -0.2) is 0 Å². The lowest BCUT2D eigenvalue weighted by Crippen LogP contribution is -2.42. The second kappa shape index (κ2) is 10.8. The number of nitrogens with zero attached hydrogens (tertiary/aromatic N) is 4. The molecule has 4 rings (SSSR count). The van der Waals surface area contributed by atoms with Crippen molar-refractivity contribution in [3.05, 3.63) is 59.7 Å². The van der Waals surface area contributed by atoms with Gasteiger partial charge in [0.1, 0.15) is 5.75 Å². The lowest BCUT2D eigenvalue weighted by Gasteiger charge is -2.40. The van der Waals surface area contributed by atoms with Crippen LogP contribution in [0.3, 0.4) is 0 Å². The minimum atomic E-state index is -2.93. The molecule has 1 aliphatic rings. The maximum absolute atomic E-state index is 13.3. The van der Waals surface area contributed by atoms with Gasteiger partial charge in [0.25, 0.3) is 0 Å². The summed E-state index contributed by atoms with van der Waals surface area (Å²) in [6, 6.07) is 16.6. The maximum atomic E-state index is 13.3. The summed E-state index contributed by atoms with van der Waals surface area (Å²) in [6.07, 6.45) is 2.05. The lowest BCUT2D eigenvalue weighted by atomic mass is 9.75. The maximum Gasteiger partial charge on any atom is 0.387 e. The number of nitriles is 1. The number of alkyl halides is 2. The molecule has 8 heteroatoms. The molecule has 1 atom stereocenters. The first-order valence-corrected chi connectivity index (χ1v) is 12.2. The first-order chi connectivity index (χ1) is 17.2. The SMILES string of the molecule is Cn1nc(-c2ccc(CN3CCC[C@H](C(C)(C)CO)C3)c(OC(F)F)c2)cc1-c1ccc(C#N)cc1. The fourth-order valence-electron chi connectivity index (χ4n) is 4.85. The molecule has 0 aliphatic carbocycles. The summed E-state index contributed by atoms with van der Waals surface area (Å²) in [5, 5.41) is 23.4. The van der Waals surface area contributed by atoms with Gasteiger partial charge in [0.05, 0.1) is 23.0 Å². The van der Waals surface area contributed by atoms with Crippen LogP contribution in [0.5, 0.6) is 5.75 Å². The molecule has 2 aromatic carbocycles. The molecule has 0 bridgehead atoms. The lowest BCUT2D eigenvalue weighted by molar-refractivity contribution is -0.0509. The Labute approximate surface area is 210 Å². The van der Waals surface area contributed by atoms with Gasteiger partial charge >= 0.3 is 6.61 Å². The monoisotopic (exact) mass is 494 g/mol. The van der Waals surface area contributed by atoms with Crippen LogP contribution in [0.4, 0.5) is 8.78 Å². The Hall–Kier alpha value is -3.28. The minimum absolute atomic E-state index is 0.120. The highest BCUT2D eigenvalue weighted by Gasteiger charge is 2.33. The van der Waals surface area contributed by atoms with Gasteiger partial charge in [-0.3, -0.25) is 9.58 Å². The van der Waals surface area contributed by atoms with Gasteiger partial charge in [0, 0.05) is 37.9 Å². The molecule has 190 valence electrons. The van der Waals surface area contributed by atoms with Crippen LogP contribution in [0.2, 0.25) is 0 Å². The highest BCUT2D eigenvalue weighted by Crippen LogP contribution is 2.36. The standard InChI is InChI=1S/C28H32F2N4O2/c1-28(2,18-35)23-5-4-12-34(17-23)16-22-11-10-21(13-26(22)36-27(29)30)24-14-25(33(3)32-24)20-8-6-19(15-31)7-9-20/h6-11,13-14,23,27,35H,4-5,12,16-18H2,1-3H3/t23-/m0/s1. The van der Waals surface area contributed by atoms with Crippen LogP contribution >= 0.6 is 0 Å². The van der Waals surface area contributed by atoms with Crippen LogP contribution < -0.4 is 4.74 Å². The van der Waals surface area contributed by atoms with Crippen molar-refractivity contribution in [1.82, 2.24) is 14.7 Å². The van der Waals surface area contributed by atoms with E-state index in [0.717, 1.165) is 37.2 Å². The van der Waals surface area contributed by atoms with Crippen LogP contribution in [0.25, 0.3) is 22.5 Å². The van der Waals surface area contributed by atoms with Crippen molar-refractivity contribution in [1.29, 1.82) is 5.26 Å². The molecule has 1 N–H and O–H groups in total. The molecular formula is C28H32F2N4O2. The fourth-order valence-corrected chi connectivity index (χ4v) is 4.85. The van der Waals surface area contributed by atoms with E-state index in [1.807, 2.05) is 37.4 Å². The molecule has 1 fully saturated rings. The molecule has 0 unspecified atom stereocenters. The van der Waals surface area contributed by atoms with Crippen molar-refractivity contribution in [3.8, 4) is 34.3 Å². The number of benzene rings is 2. The molecule has 3 aromatic rings. The van der Waals surface area contributed by atoms with Gasteiger partial charge in [-0.15, -0.1) is 0 Å². The van der Waals surface area contributed by atoms with Crippen LogP contribution in [-0.4, -0.2) is 46.1 Å². The molecule has 6 nitrogen and oxygen atoms in total. The van der Waals surface area contributed by atoms with Crippen LogP contribution in [0.15, 0.2) is 48.5 Å². The fraction of sp³-hybridized carbons (Fsp3) is 0.429. The first-order valence-electron chi connectivity index (χ1n) is 12.2. The number of piperidine rings is 1. The summed E-state index contributed by atoms with van der Waals surface area (Å²) in [4.78, 5) is 2.25. The number of halogens is 2. The van der Waals surface area contributed by atoms with Gasteiger partial charge in [0.15, 0.2) is 0 Å². The summed E-state index contributed by atoms with van der Waals surface area (Å²) >= 11 is 0. The molecule has 1 saturated heterocycles. The van der Waals surface area contributed by atoms with Gasteiger partial charge in [0.2, 0.25) is 0 Å². The quantitative estimate of drug-likeness (QED) is 0.450. The Morgan fingerprint density at radius 1 is 1.17 bits per heavy atom. The Bertz CT molecular complexity index is 1230. The zero-order chi connectivity index (χ0) is 25.9. The topological polar surface area (TPSA) is 74.3 Å². The summed E-state index contributed by atoms with van der Waals surface area (Å²) in [6.45, 7) is 3.51. The second-order valence-electron chi connectivity index (χ2n) is 10.1. The summed E-state index contributed by atoms with van der Waals surface area (Å²) < 4.78 is 33.3. The van der Waals surface area contributed by atoms with E-state index < -0.39 is 6.61 Å². The predicted molar refractivity (Wildman–Crippen MR) is 134 cm³/mol. The van der Waals surface area contributed by atoms with Crippen molar-refractivity contribution < 1.29 is 18.6 Å². The van der Waals surface area contributed by atoms with Crippen molar-refractivity contribution in [3.63, 3.8) is 0 Å². The summed E-state index contributed by atoms with van der Waals surface area (Å²) in [7, 11) is 1.82. The van der Waals surface area contributed by atoms with E-state index in [0.29, 0.717) is 34.8 Å². The number of aliphatic hydroxyl groups is 1. The van der Waals surface area contributed by atoms with E-state index in [1.165, 1.54) is 0 Å². The van der Waals surface area contributed by atoms with Crippen LogP contribution in [0.1, 0.15) is 37.8 Å². The second-order valence-corrected chi connectivity index (χ2v) is 10.1. The number of hydrogen-bond acceptors (Lipinski definition) is 5. The molecule has 0 saturated carbocycles. The number of rotatable bonds is 8. The van der Waals surface area contributed by atoms with Crippen molar-refractivity contribution in [2.24, 2.45) is 18.4 Å². The zero-order valence-electron chi connectivity index (χ0n) is 20.9. The average Bonchev–Trinajstić information content (AvgIpc) is 3.26. The largest absolute Gasteiger partial charge is 0.434 e. The molecule has 0 amide bonds. The molecule has 36 heavy (non-hydrogen) atoms. The van der Waals surface area contributed by atoms with Gasteiger partial charge < -0.3 is 9.84 Å². The van der Waals surface area contributed by atoms with Gasteiger partial charge in [-0.1, -0.05) is 38.1 Å². The molecule has 1 aromatic heterocycles. The first kappa shape index (κ1) is 25.8. The van der Waals surface area contributed by atoms with E-state index >= 15 is 0 Å². The molecular weight excluding hydrogens is 462 g/mol. The normalized spacial score (nSPS) is 16.8. The van der Waals surface area contributed by atoms with Crippen LogP contribution in [0, 0.1) is 22.7 Å². The number of aryl methyl sites for hydroxylation is 1. The predicted octanol–water partition coefficient (Wildman–Crippen LogP) is 5.46. The third kappa shape index (κ3) is 5.75. The average molecular weight is 495 g/mol. The minimum Gasteiger partial charge on any atom is -0.434 e. The van der Waals surface area contributed by atoms with Crippen molar-refractivity contribution >= 4 is 0 Å². The molecule has 2 heterocycles. The summed E-state index contributed by atoms with van der Waals surface area (Å²) in [5.41, 5.74) is 4.17. The molecule has 0 radical (unpaired) electrons. The summed E-state index contributed by atoms with van der Waals surface area (Å²) in [5.74, 6) is 0.487. The van der Waals surface area contributed by atoms with Crippen molar-refractivity contribution in [2.75, 3.05) is 19.7 Å². The van der Waals surface area contributed by atoms with E-state index in [2.05, 4.69) is 29.9 Å². The van der Waals surface area contributed by atoms with Gasteiger partial charge in [-0.05, 0) is 60.5 Å². The van der Waals surface area contributed by atoms with E-state index in [4.69, 9.17) is 10.00 Å². The number of aliphatic hydroxyl groups excluding tert-OH is 1. The number of hydrogen-bond donors (Lipinski definition) is 1. The number of ether oxygens (including phenoxy) is 1. The van der Waals surface area contributed by atoms with Gasteiger partial charge in [-0.2, -0.15) is 19.1 Å². The highest BCUT2D eigenvalue weighted by molar-refractivity contribution is 5.70. The molecule has 1 aliphatic heterocycles. The van der Waals surface area contributed by atoms with Crippen molar-refractivity contribution in [2.45, 2.75) is 39.8 Å². The highest BCUT2D eigenvalue weighted by atomic mass is 19.3. The molecule has 0 spiro atoms. The number of likely N-dealkylation sites (tertiary alicyclic amines) is 1.